The lowest BCUT2D eigenvalue weighted by Crippen LogP contribution is -2.74. The summed E-state index contributed by atoms with van der Waals surface area (Å²) in [6.07, 6.45) is 4.43. The molecule has 0 radical (unpaired) electrons. The highest BCUT2D eigenvalue weighted by Crippen LogP contribution is 2.49. The topological polar surface area (TPSA) is 79.1 Å². The molecule has 3 fully saturated rings. The Labute approximate surface area is 187 Å². The highest BCUT2D eigenvalue weighted by Gasteiger charge is 2.58. The second kappa shape index (κ2) is 7.27. The van der Waals surface area contributed by atoms with Crippen molar-refractivity contribution in [2.24, 2.45) is 5.41 Å². The summed E-state index contributed by atoms with van der Waals surface area (Å²) in [5.74, 6) is 0.743. The summed E-state index contributed by atoms with van der Waals surface area (Å²) in [5, 5.41) is 22.7. The molecular formula is C24H29FN6O. The first-order chi connectivity index (χ1) is 15.2. The minimum atomic E-state index is -0.995. The average molecular weight is 437 g/mol. The highest BCUT2D eigenvalue weighted by molar-refractivity contribution is 5.69. The molecule has 2 aliphatic heterocycles. The molecule has 32 heavy (non-hydrogen) atoms. The van der Waals surface area contributed by atoms with E-state index in [1.807, 2.05) is 60.8 Å². The van der Waals surface area contributed by atoms with Crippen LogP contribution in [0.15, 0.2) is 42.9 Å². The Hall–Kier alpha value is -3.00. The quantitative estimate of drug-likeness (QED) is 0.650. The van der Waals surface area contributed by atoms with Crippen LogP contribution in [0.4, 0.5) is 10.2 Å². The molecule has 4 heterocycles. The van der Waals surface area contributed by atoms with Crippen molar-refractivity contribution >= 4 is 5.82 Å². The zero-order valence-corrected chi connectivity index (χ0v) is 18.9. The largest absolute Gasteiger partial charge is 0.507 e. The number of rotatable bonds is 4. The number of aryl methyl sites for hydroxylation is 1. The Morgan fingerprint density at radius 1 is 1.19 bits per heavy atom. The van der Waals surface area contributed by atoms with Gasteiger partial charge in [-0.15, -0.1) is 10.2 Å². The number of nitrogens with one attached hydrogen (secondary N) is 1. The summed E-state index contributed by atoms with van der Waals surface area (Å²) >= 11 is 0. The second-order valence-electron chi connectivity index (χ2n) is 9.78. The molecule has 1 saturated carbocycles. The number of piperidine rings is 2. The molecule has 2 saturated heterocycles. The van der Waals surface area contributed by atoms with E-state index in [4.69, 9.17) is 0 Å². The van der Waals surface area contributed by atoms with Crippen molar-refractivity contribution in [3.05, 3.63) is 48.5 Å². The van der Waals surface area contributed by atoms with Crippen molar-refractivity contribution in [1.29, 1.82) is 0 Å². The fraction of sp³-hybridized carbons (Fsp3) is 0.458. The standard InChI is InChI=1S/C24H29FN6O/c1-15-12-31(14-26-15)16-5-6-17(19(32)11-16)18-7-8-20(29-28-18)30(4)22-21(25)24(3)10-9-23(22,2)13-27-24/h5-8,11-12,14,21-22,27,32H,9-10,13H2,1-4H3/t21-,22-,23+,24+/m1/s1. The molecule has 3 aliphatic rings. The monoisotopic (exact) mass is 436 g/mol. The maximum Gasteiger partial charge on any atom is 0.151 e. The zero-order valence-electron chi connectivity index (χ0n) is 18.9. The summed E-state index contributed by atoms with van der Waals surface area (Å²) in [5.41, 5.74) is 2.22. The number of anilines is 1. The van der Waals surface area contributed by atoms with Crippen LogP contribution >= 0.6 is 0 Å². The van der Waals surface area contributed by atoms with Gasteiger partial charge in [-0.3, -0.25) is 0 Å². The van der Waals surface area contributed by atoms with E-state index < -0.39 is 11.7 Å². The van der Waals surface area contributed by atoms with Gasteiger partial charge in [0, 0.05) is 42.4 Å². The number of halogens is 1. The number of aromatic hydroxyl groups is 1. The third kappa shape index (κ3) is 3.24. The van der Waals surface area contributed by atoms with Crippen LogP contribution in [-0.2, 0) is 0 Å². The molecule has 2 N–H and O–H groups in total. The lowest BCUT2D eigenvalue weighted by atomic mass is 9.60. The molecule has 1 aromatic carbocycles. The minimum absolute atomic E-state index is 0.115. The van der Waals surface area contributed by atoms with Gasteiger partial charge in [0.25, 0.3) is 0 Å². The average Bonchev–Trinajstić information content (AvgIpc) is 3.22. The third-order valence-corrected chi connectivity index (χ3v) is 7.41. The molecule has 4 atom stereocenters. The van der Waals surface area contributed by atoms with E-state index in [2.05, 4.69) is 27.4 Å². The van der Waals surface area contributed by atoms with Crippen molar-refractivity contribution in [2.45, 2.75) is 51.4 Å². The van der Waals surface area contributed by atoms with Gasteiger partial charge in [0.05, 0.1) is 29.4 Å². The van der Waals surface area contributed by atoms with Crippen molar-refractivity contribution in [3.8, 4) is 22.7 Å². The van der Waals surface area contributed by atoms with Gasteiger partial charge in [0.1, 0.15) is 11.9 Å². The molecule has 0 amide bonds. The highest BCUT2D eigenvalue weighted by atomic mass is 19.1. The number of phenolic OH excluding ortho intramolecular Hbond substituents is 1. The SMILES string of the molecule is Cc1cn(-c2ccc(-c3ccc(N(C)[C@@H]4[C@@H](F)[C@]5(C)CC[C@@]4(C)CN5)nn3)c(O)c2)cn1. The molecule has 2 aromatic heterocycles. The number of imidazole rings is 1. The van der Waals surface area contributed by atoms with E-state index in [-0.39, 0.29) is 17.2 Å². The van der Waals surface area contributed by atoms with E-state index >= 15 is 4.39 Å². The molecule has 168 valence electrons. The van der Waals surface area contributed by atoms with Gasteiger partial charge in [-0.2, -0.15) is 0 Å². The molecule has 8 heteroatoms. The lowest BCUT2D eigenvalue weighted by molar-refractivity contribution is -0.0411. The van der Waals surface area contributed by atoms with Crippen LogP contribution < -0.4 is 10.2 Å². The van der Waals surface area contributed by atoms with Crippen LogP contribution in [0.1, 0.15) is 32.4 Å². The first-order valence-electron chi connectivity index (χ1n) is 11.0. The molecule has 2 bridgehead atoms. The summed E-state index contributed by atoms with van der Waals surface area (Å²) < 4.78 is 17.3. The first kappa shape index (κ1) is 20.9. The fourth-order valence-electron chi connectivity index (χ4n) is 5.24. The summed E-state index contributed by atoms with van der Waals surface area (Å²) in [6.45, 7) is 6.83. The van der Waals surface area contributed by atoms with Gasteiger partial charge < -0.3 is 19.9 Å². The van der Waals surface area contributed by atoms with Gasteiger partial charge in [0.2, 0.25) is 0 Å². The summed E-state index contributed by atoms with van der Waals surface area (Å²) in [7, 11) is 1.90. The number of phenols is 1. The Morgan fingerprint density at radius 2 is 2.00 bits per heavy atom. The van der Waals surface area contributed by atoms with Crippen molar-refractivity contribution in [3.63, 3.8) is 0 Å². The van der Waals surface area contributed by atoms with Crippen molar-refractivity contribution in [2.75, 3.05) is 18.5 Å². The number of alkyl halides is 1. The zero-order chi connectivity index (χ0) is 22.7. The molecular weight excluding hydrogens is 407 g/mol. The number of fused-ring (bicyclic) bond motifs is 3. The normalized spacial score (nSPS) is 29.3. The van der Waals surface area contributed by atoms with Gasteiger partial charge in [0.15, 0.2) is 5.82 Å². The minimum Gasteiger partial charge on any atom is -0.507 e. The Morgan fingerprint density at radius 3 is 2.59 bits per heavy atom. The number of aromatic nitrogens is 4. The van der Waals surface area contributed by atoms with E-state index in [1.165, 1.54) is 0 Å². The van der Waals surface area contributed by atoms with Crippen LogP contribution in [0.25, 0.3) is 16.9 Å². The van der Waals surface area contributed by atoms with Crippen molar-refractivity contribution in [1.82, 2.24) is 25.1 Å². The Balaban J connectivity index is 1.40. The van der Waals surface area contributed by atoms with Gasteiger partial charge in [-0.05, 0) is 51.0 Å². The lowest BCUT2D eigenvalue weighted by Gasteiger charge is -2.60. The number of hydrogen-bond acceptors (Lipinski definition) is 6. The van der Waals surface area contributed by atoms with E-state index in [1.54, 1.807) is 12.4 Å². The van der Waals surface area contributed by atoms with Gasteiger partial charge in [-0.25, -0.2) is 9.37 Å². The third-order valence-electron chi connectivity index (χ3n) is 7.41. The molecule has 7 nitrogen and oxygen atoms in total. The van der Waals surface area contributed by atoms with E-state index in [0.29, 0.717) is 17.1 Å². The second-order valence-corrected chi connectivity index (χ2v) is 9.78. The predicted molar refractivity (Wildman–Crippen MR) is 122 cm³/mol. The summed E-state index contributed by atoms with van der Waals surface area (Å²) in [6, 6.07) is 8.81. The predicted octanol–water partition coefficient (Wildman–Crippen LogP) is 3.65. The number of nitrogens with zero attached hydrogens (tertiary/aromatic N) is 5. The van der Waals surface area contributed by atoms with Crippen LogP contribution in [-0.4, -0.2) is 56.2 Å². The molecule has 0 spiro atoms. The smallest absolute Gasteiger partial charge is 0.151 e. The Bertz CT molecular complexity index is 1140. The van der Waals surface area contributed by atoms with E-state index in [0.717, 1.165) is 30.8 Å². The maximum absolute atomic E-state index is 15.5. The van der Waals surface area contributed by atoms with Crippen LogP contribution in [0.5, 0.6) is 5.75 Å². The van der Waals surface area contributed by atoms with Gasteiger partial charge >= 0.3 is 0 Å². The van der Waals surface area contributed by atoms with Crippen LogP contribution in [0.3, 0.4) is 0 Å². The number of hydrogen-bond donors (Lipinski definition) is 2. The van der Waals surface area contributed by atoms with Crippen LogP contribution in [0, 0.1) is 12.3 Å². The van der Waals surface area contributed by atoms with Crippen LogP contribution in [0.2, 0.25) is 0 Å². The number of benzene rings is 1. The van der Waals surface area contributed by atoms with Crippen molar-refractivity contribution < 1.29 is 9.50 Å². The van der Waals surface area contributed by atoms with E-state index in [9.17, 15) is 5.11 Å². The Kier molecular flexibility index (Phi) is 4.74. The first-order valence-corrected chi connectivity index (χ1v) is 11.0. The molecule has 6 rings (SSSR count). The maximum atomic E-state index is 15.5. The van der Waals surface area contributed by atoms with Gasteiger partial charge in [-0.1, -0.05) is 6.92 Å². The molecule has 3 aromatic rings. The fourth-order valence-corrected chi connectivity index (χ4v) is 5.24. The molecule has 0 unspecified atom stereocenters. The molecule has 1 aliphatic carbocycles. The summed E-state index contributed by atoms with van der Waals surface area (Å²) in [4.78, 5) is 6.15.